The summed E-state index contributed by atoms with van der Waals surface area (Å²) < 4.78 is 13.3. The maximum Gasteiger partial charge on any atom is 0.0537 e. The van der Waals surface area contributed by atoms with Gasteiger partial charge in [0, 0.05) is 53.2 Å². The molecular weight excluding hydrogens is 198 g/mol. The highest BCUT2D eigenvalue weighted by Gasteiger charge is 2.20. The minimum Gasteiger partial charge on any atom is -0.308 e. The number of aromatic nitrogens is 2. The summed E-state index contributed by atoms with van der Waals surface area (Å²) in [5.74, 6) is 1.49. The fourth-order valence-corrected chi connectivity index (χ4v) is 2.82. The molecule has 1 N–H and O–H groups in total. The molecule has 2 unspecified atom stereocenters. The molecule has 0 amide bonds. The Kier molecular flexibility index (Phi) is 2.98. The predicted octanol–water partition coefficient (Wildman–Crippen LogP) is 0.296. The molecule has 2 rings (SSSR count). The first-order valence-corrected chi connectivity index (χ1v) is 6.39. The molecule has 0 bridgehead atoms. The average molecular weight is 213 g/mol. The summed E-state index contributed by atoms with van der Waals surface area (Å²) in [6, 6.07) is 0.227. The zero-order valence-corrected chi connectivity index (χ0v) is 9.09. The minimum absolute atomic E-state index is 0.227. The Bertz CT molecular complexity index is 337. The van der Waals surface area contributed by atoms with E-state index < -0.39 is 10.8 Å². The van der Waals surface area contributed by atoms with Gasteiger partial charge in [-0.1, -0.05) is 0 Å². The van der Waals surface area contributed by atoms with Gasteiger partial charge in [-0.15, -0.1) is 0 Å². The molecular formula is C9H15N3OS. The van der Waals surface area contributed by atoms with E-state index in [2.05, 4.69) is 17.3 Å². The van der Waals surface area contributed by atoms with Gasteiger partial charge in [-0.25, -0.2) is 0 Å². The normalized spacial score (nSPS) is 27.8. The first-order valence-electron chi connectivity index (χ1n) is 4.90. The zero-order valence-electron chi connectivity index (χ0n) is 8.27. The van der Waals surface area contributed by atoms with E-state index in [4.69, 9.17) is 0 Å². The van der Waals surface area contributed by atoms with Crippen LogP contribution < -0.4 is 5.32 Å². The molecule has 4 nitrogen and oxygen atoms in total. The second-order valence-electron chi connectivity index (χ2n) is 3.45. The summed E-state index contributed by atoms with van der Waals surface area (Å²) in [4.78, 5) is 0. The van der Waals surface area contributed by atoms with Gasteiger partial charge < -0.3 is 5.32 Å². The van der Waals surface area contributed by atoms with Crippen LogP contribution in [-0.4, -0.2) is 32.0 Å². The number of hydrogen-bond donors (Lipinski definition) is 1. The smallest absolute Gasteiger partial charge is 0.0537 e. The van der Waals surface area contributed by atoms with Gasteiger partial charge in [0.2, 0.25) is 0 Å². The van der Waals surface area contributed by atoms with Crippen LogP contribution in [0.1, 0.15) is 18.5 Å². The van der Waals surface area contributed by atoms with Gasteiger partial charge in [0.05, 0.1) is 6.20 Å². The number of hydrogen-bond acceptors (Lipinski definition) is 3. The first kappa shape index (κ1) is 9.86. The summed E-state index contributed by atoms with van der Waals surface area (Å²) in [5, 5.41) is 7.57. The largest absolute Gasteiger partial charge is 0.308 e. The SMILES string of the molecule is CCn1cc(C2CS(=O)CCN2)cn1. The number of nitrogens with one attached hydrogen (secondary N) is 1. The maximum absolute atomic E-state index is 11.4. The van der Waals surface area contributed by atoms with E-state index in [-0.39, 0.29) is 6.04 Å². The Morgan fingerprint density at radius 3 is 3.29 bits per heavy atom. The van der Waals surface area contributed by atoms with Crippen molar-refractivity contribution in [3.8, 4) is 0 Å². The highest BCUT2D eigenvalue weighted by molar-refractivity contribution is 7.85. The molecule has 1 aromatic rings. The Morgan fingerprint density at radius 1 is 1.79 bits per heavy atom. The number of aryl methyl sites for hydroxylation is 1. The first-order chi connectivity index (χ1) is 6.79. The second-order valence-corrected chi connectivity index (χ2v) is 5.07. The van der Waals surface area contributed by atoms with Crippen molar-refractivity contribution in [2.75, 3.05) is 18.1 Å². The molecule has 1 aromatic heterocycles. The summed E-state index contributed by atoms with van der Waals surface area (Å²) in [6.07, 6.45) is 3.89. The molecule has 0 aliphatic carbocycles. The molecule has 1 fully saturated rings. The van der Waals surface area contributed by atoms with E-state index in [9.17, 15) is 4.21 Å². The lowest BCUT2D eigenvalue weighted by Crippen LogP contribution is -2.36. The van der Waals surface area contributed by atoms with Gasteiger partial charge in [0.25, 0.3) is 0 Å². The fourth-order valence-electron chi connectivity index (χ4n) is 1.62. The third-order valence-corrected chi connectivity index (χ3v) is 3.82. The van der Waals surface area contributed by atoms with Gasteiger partial charge >= 0.3 is 0 Å². The molecule has 0 spiro atoms. The van der Waals surface area contributed by atoms with Crippen LogP contribution in [0.15, 0.2) is 12.4 Å². The summed E-state index contributed by atoms with van der Waals surface area (Å²) in [7, 11) is -0.663. The van der Waals surface area contributed by atoms with Crippen molar-refractivity contribution in [3.63, 3.8) is 0 Å². The van der Waals surface area contributed by atoms with Gasteiger partial charge in [-0.05, 0) is 6.92 Å². The molecule has 2 atom stereocenters. The van der Waals surface area contributed by atoms with Gasteiger partial charge in [0.15, 0.2) is 0 Å². The van der Waals surface area contributed by atoms with E-state index in [1.807, 2.05) is 17.1 Å². The summed E-state index contributed by atoms with van der Waals surface area (Å²) >= 11 is 0. The second kappa shape index (κ2) is 4.23. The Hall–Kier alpha value is -0.680. The molecule has 0 radical (unpaired) electrons. The number of rotatable bonds is 2. The van der Waals surface area contributed by atoms with Gasteiger partial charge in [-0.3, -0.25) is 8.89 Å². The summed E-state index contributed by atoms with van der Waals surface area (Å²) in [5.41, 5.74) is 1.15. The van der Waals surface area contributed by atoms with E-state index in [1.165, 1.54) is 0 Å². The highest BCUT2D eigenvalue weighted by Crippen LogP contribution is 2.15. The molecule has 1 aliphatic heterocycles. The van der Waals surface area contributed by atoms with E-state index in [1.54, 1.807) is 0 Å². The fraction of sp³-hybridized carbons (Fsp3) is 0.667. The maximum atomic E-state index is 11.4. The predicted molar refractivity (Wildman–Crippen MR) is 56.5 cm³/mol. The Morgan fingerprint density at radius 2 is 2.64 bits per heavy atom. The van der Waals surface area contributed by atoms with Gasteiger partial charge in [0.1, 0.15) is 0 Å². The summed E-state index contributed by atoms with van der Waals surface area (Å²) in [6.45, 7) is 3.79. The van der Waals surface area contributed by atoms with Crippen LogP contribution >= 0.6 is 0 Å². The number of nitrogens with zero attached hydrogens (tertiary/aromatic N) is 2. The van der Waals surface area contributed by atoms with Crippen LogP contribution in [0, 0.1) is 0 Å². The molecule has 2 heterocycles. The minimum atomic E-state index is -0.663. The standard InChI is InChI=1S/C9H15N3OS/c1-2-12-6-8(5-11-12)9-7-14(13)4-3-10-9/h5-6,9-10H,2-4,7H2,1H3. The molecule has 1 saturated heterocycles. The molecule has 78 valence electrons. The van der Waals surface area contributed by atoms with E-state index >= 15 is 0 Å². The molecule has 14 heavy (non-hydrogen) atoms. The third kappa shape index (κ3) is 2.04. The van der Waals surface area contributed by atoms with Crippen molar-refractivity contribution >= 4 is 10.8 Å². The van der Waals surface area contributed by atoms with E-state index in [0.717, 1.165) is 30.2 Å². The Balaban J connectivity index is 2.09. The monoisotopic (exact) mass is 213 g/mol. The molecule has 0 saturated carbocycles. The van der Waals surface area contributed by atoms with Crippen molar-refractivity contribution in [1.29, 1.82) is 0 Å². The van der Waals surface area contributed by atoms with Crippen LogP contribution in [0.2, 0.25) is 0 Å². The highest BCUT2D eigenvalue weighted by atomic mass is 32.2. The van der Waals surface area contributed by atoms with Gasteiger partial charge in [-0.2, -0.15) is 5.10 Å². The molecule has 5 heteroatoms. The van der Waals surface area contributed by atoms with Crippen LogP contribution in [0.4, 0.5) is 0 Å². The topological polar surface area (TPSA) is 46.9 Å². The molecule has 1 aliphatic rings. The molecule has 0 aromatic carbocycles. The quantitative estimate of drug-likeness (QED) is 0.768. The van der Waals surface area contributed by atoms with Crippen LogP contribution in [0.3, 0.4) is 0 Å². The lowest BCUT2D eigenvalue weighted by molar-refractivity contribution is 0.570. The van der Waals surface area contributed by atoms with Crippen LogP contribution in [0.25, 0.3) is 0 Å². The third-order valence-electron chi connectivity index (χ3n) is 2.45. The van der Waals surface area contributed by atoms with Crippen LogP contribution in [-0.2, 0) is 17.3 Å². The lowest BCUT2D eigenvalue weighted by Gasteiger charge is -2.21. The van der Waals surface area contributed by atoms with E-state index in [0.29, 0.717) is 0 Å². The van der Waals surface area contributed by atoms with Crippen molar-refractivity contribution in [3.05, 3.63) is 18.0 Å². The van der Waals surface area contributed by atoms with Crippen molar-refractivity contribution in [2.45, 2.75) is 19.5 Å². The zero-order chi connectivity index (χ0) is 9.97. The average Bonchev–Trinajstić information content (AvgIpc) is 2.66. The van der Waals surface area contributed by atoms with Crippen molar-refractivity contribution in [2.24, 2.45) is 0 Å². The Labute approximate surface area is 86.1 Å². The van der Waals surface area contributed by atoms with Crippen molar-refractivity contribution in [1.82, 2.24) is 15.1 Å². The van der Waals surface area contributed by atoms with Crippen molar-refractivity contribution < 1.29 is 4.21 Å². The lowest BCUT2D eigenvalue weighted by atomic mass is 10.2. The van der Waals surface area contributed by atoms with Crippen LogP contribution in [0.5, 0.6) is 0 Å².